The van der Waals surface area contributed by atoms with E-state index in [4.69, 9.17) is 51.1 Å². The summed E-state index contributed by atoms with van der Waals surface area (Å²) in [5.41, 5.74) is 0. The molecule has 78 valence electrons. The smallest absolute Gasteiger partial charge is 0.338 e. The van der Waals surface area contributed by atoms with Gasteiger partial charge in [-0.05, 0) is 62.9 Å². The summed E-state index contributed by atoms with van der Waals surface area (Å²) in [5, 5.41) is 0.0250. The molecule has 0 spiro atoms. The Morgan fingerprint density at radius 3 is 2.36 bits per heavy atom. The highest BCUT2D eigenvalue weighted by Gasteiger charge is 2.23. The van der Waals surface area contributed by atoms with Crippen LogP contribution in [-0.2, 0) is 0 Å². The first-order valence-corrected chi connectivity index (χ1v) is 5.50. The number of rotatable bonds is 1. The van der Waals surface area contributed by atoms with Gasteiger partial charge in [-0.3, -0.25) is 0 Å². The zero-order valence-corrected chi connectivity index (χ0v) is 10.9. The van der Waals surface area contributed by atoms with Crippen molar-refractivity contribution in [3.05, 3.63) is 27.4 Å². The predicted octanol–water partition coefficient (Wildman–Crippen LogP) is 4.95. The molecule has 0 aliphatic carbocycles. The summed E-state index contributed by atoms with van der Waals surface area (Å²) < 4.78 is 16.0. The van der Waals surface area contributed by atoms with Crippen LogP contribution in [0.4, 0.5) is 4.39 Å². The van der Waals surface area contributed by atoms with Gasteiger partial charge >= 0.3 is 3.98 Å². The Hall–Kier alpha value is 0.590. The number of alkyl halides is 3. The van der Waals surface area contributed by atoms with Gasteiger partial charge < -0.3 is 4.74 Å². The number of ether oxygens (including phenoxy) is 1. The zero-order valence-electron chi connectivity index (χ0n) is 6.33. The third-order valence-electron chi connectivity index (χ3n) is 1.20. The van der Waals surface area contributed by atoms with Crippen molar-refractivity contribution >= 4 is 62.3 Å². The van der Waals surface area contributed by atoms with Crippen LogP contribution in [0.15, 0.2) is 16.6 Å². The second kappa shape index (κ2) is 4.62. The van der Waals surface area contributed by atoms with Gasteiger partial charge in [-0.25, -0.2) is 4.39 Å². The Kier molecular flexibility index (Phi) is 4.18. The van der Waals surface area contributed by atoms with Crippen LogP contribution in [0, 0.1) is 5.82 Å². The van der Waals surface area contributed by atoms with E-state index in [0.717, 1.165) is 6.07 Å². The maximum Gasteiger partial charge on any atom is 0.338 e. The van der Waals surface area contributed by atoms with E-state index in [1.54, 1.807) is 0 Å². The summed E-state index contributed by atoms with van der Waals surface area (Å²) in [7, 11) is 0. The lowest BCUT2D eigenvalue weighted by Gasteiger charge is -2.15. The molecule has 0 bridgehead atoms. The third-order valence-corrected chi connectivity index (χ3v) is 2.34. The van der Waals surface area contributed by atoms with Gasteiger partial charge in [0.25, 0.3) is 0 Å². The van der Waals surface area contributed by atoms with Crippen LogP contribution in [0.5, 0.6) is 5.75 Å². The maximum absolute atomic E-state index is 12.9. The number of hydrogen-bond donors (Lipinski definition) is 0. The Bertz CT molecular complexity index is 352. The van der Waals surface area contributed by atoms with E-state index in [1.807, 2.05) is 0 Å². The average Bonchev–Trinajstić information content (AvgIpc) is 1.97. The van der Waals surface area contributed by atoms with Crippen LogP contribution < -0.4 is 4.74 Å². The molecule has 0 N–H and O–H groups in total. The monoisotopic (exact) mass is 340 g/mol. The van der Waals surface area contributed by atoms with Gasteiger partial charge in [-0.2, -0.15) is 0 Å². The molecule has 1 nitrogen and oxygen atoms in total. The molecule has 0 aromatic heterocycles. The first kappa shape index (κ1) is 12.7. The normalized spacial score (nSPS) is 11.6. The quantitative estimate of drug-likeness (QED) is 0.518. The second-order valence-electron chi connectivity index (χ2n) is 2.24. The van der Waals surface area contributed by atoms with E-state index in [2.05, 4.69) is 15.9 Å². The standard InChI is InChI=1S/C7H2BrCl4FO/c8-3-1-6(14-7(10,11)12)4(9)2-5(3)13/h1-2H. The minimum Gasteiger partial charge on any atom is -0.444 e. The lowest BCUT2D eigenvalue weighted by molar-refractivity contribution is 0.320. The van der Waals surface area contributed by atoms with Gasteiger partial charge in [0, 0.05) is 0 Å². The summed E-state index contributed by atoms with van der Waals surface area (Å²) in [6.07, 6.45) is 0. The molecule has 0 heterocycles. The molecular weight excluding hydrogens is 341 g/mol. The zero-order chi connectivity index (χ0) is 10.9. The highest BCUT2D eigenvalue weighted by atomic mass is 79.9. The molecule has 0 amide bonds. The summed E-state index contributed by atoms with van der Waals surface area (Å²) in [4.78, 5) is 0. The topological polar surface area (TPSA) is 9.23 Å². The van der Waals surface area contributed by atoms with Crippen molar-refractivity contribution in [3.8, 4) is 5.75 Å². The highest BCUT2D eigenvalue weighted by molar-refractivity contribution is 9.10. The molecule has 0 fully saturated rings. The molecule has 0 radical (unpaired) electrons. The minimum atomic E-state index is -1.93. The summed E-state index contributed by atoms with van der Waals surface area (Å²) >= 11 is 24.7. The molecule has 1 aromatic rings. The van der Waals surface area contributed by atoms with Crippen LogP contribution in [0.25, 0.3) is 0 Å². The molecule has 0 saturated carbocycles. The summed E-state index contributed by atoms with van der Waals surface area (Å²) in [6, 6.07) is 2.33. The summed E-state index contributed by atoms with van der Waals surface area (Å²) in [6.45, 7) is 0. The molecule has 0 unspecified atom stereocenters. The van der Waals surface area contributed by atoms with Gasteiger partial charge in [-0.15, -0.1) is 0 Å². The molecule has 1 aromatic carbocycles. The van der Waals surface area contributed by atoms with E-state index in [9.17, 15) is 4.39 Å². The van der Waals surface area contributed by atoms with Gasteiger partial charge in [0.2, 0.25) is 0 Å². The fourth-order valence-electron chi connectivity index (χ4n) is 0.707. The fourth-order valence-corrected chi connectivity index (χ4v) is 1.47. The molecule has 7 heteroatoms. The first-order valence-electron chi connectivity index (χ1n) is 3.20. The lowest BCUT2D eigenvalue weighted by Crippen LogP contribution is -2.12. The van der Waals surface area contributed by atoms with Crippen LogP contribution in [0.2, 0.25) is 5.02 Å². The summed E-state index contributed by atoms with van der Waals surface area (Å²) in [5.74, 6) is -0.438. The van der Waals surface area contributed by atoms with Gasteiger partial charge in [0.05, 0.1) is 9.50 Å². The van der Waals surface area contributed by atoms with Crippen molar-refractivity contribution in [2.24, 2.45) is 0 Å². The fraction of sp³-hybridized carbons (Fsp3) is 0.143. The van der Waals surface area contributed by atoms with Crippen molar-refractivity contribution in [2.45, 2.75) is 3.98 Å². The SMILES string of the molecule is Fc1cc(Cl)c(OC(Cl)(Cl)Cl)cc1Br. The highest BCUT2D eigenvalue weighted by Crippen LogP contribution is 2.36. The molecule has 1 rings (SSSR count). The van der Waals surface area contributed by atoms with E-state index in [0.29, 0.717) is 0 Å². The van der Waals surface area contributed by atoms with Gasteiger partial charge in [0.1, 0.15) is 11.6 Å². The lowest BCUT2D eigenvalue weighted by atomic mass is 10.3. The van der Waals surface area contributed by atoms with E-state index < -0.39 is 9.80 Å². The molecule has 0 aliphatic rings. The Labute approximate surface area is 108 Å². The Morgan fingerprint density at radius 1 is 1.29 bits per heavy atom. The molecular formula is C7H2BrCl4FO. The van der Waals surface area contributed by atoms with Crippen molar-refractivity contribution in [2.75, 3.05) is 0 Å². The molecule has 0 atom stereocenters. The van der Waals surface area contributed by atoms with Crippen molar-refractivity contribution < 1.29 is 9.13 Å². The average molecular weight is 343 g/mol. The number of halogens is 6. The third kappa shape index (κ3) is 3.63. The number of benzene rings is 1. The molecule has 0 aliphatic heterocycles. The van der Waals surface area contributed by atoms with Crippen LogP contribution in [-0.4, -0.2) is 3.98 Å². The van der Waals surface area contributed by atoms with Gasteiger partial charge in [-0.1, -0.05) is 11.6 Å². The van der Waals surface area contributed by atoms with Crippen molar-refractivity contribution in [1.29, 1.82) is 0 Å². The van der Waals surface area contributed by atoms with E-state index >= 15 is 0 Å². The maximum atomic E-state index is 12.9. The van der Waals surface area contributed by atoms with E-state index in [1.165, 1.54) is 6.07 Å². The Morgan fingerprint density at radius 2 is 1.86 bits per heavy atom. The van der Waals surface area contributed by atoms with Crippen LogP contribution in [0.3, 0.4) is 0 Å². The Balaban J connectivity index is 3.04. The van der Waals surface area contributed by atoms with Gasteiger partial charge in [0.15, 0.2) is 0 Å². The number of hydrogen-bond acceptors (Lipinski definition) is 1. The minimum absolute atomic E-state index is 0.0250. The van der Waals surface area contributed by atoms with Crippen molar-refractivity contribution in [3.63, 3.8) is 0 Å². The van der Waals surface area contributed by atoms with Crippen LogP contribution >= 0.6 is 62.3 Å². The first-order chi connectivity index (χ1) is 6.29. The molecule has 0 saturated heterocycles. The van der Waals surface area contributed by atoms with Crippen LogP contribution in [0.1, 0.15) is 0 Å². The van der Waals surface area contributed by atoms with Crippen molar-refractivity contribution in [1.82, 2.24) is 0 Å². The second-order valence-corrected chi connectivity index (χ2v) is 5.68. The largest absolute Gasteiger partial charge is 0.444 e. The van der Waals surface area contributed by atoms with E-state index in [-0.39, 0.29) is 15.2 Å². The molecule has 14 heavy (non-hydrogen) atoms. The predicted molar refractivity (Wildman–Crippen MR) is 60.0 cm³/mol.